The van der Waals surface area contributed by atoms with Crippen molar-refractivity contribution in [3.05, 3.63) is 59.7 Å². The van der Waals surface area contributed by atoms with Gasteiger partial charge in [-0.05, 0) is 35.1 Å². The van der Waals surface area contributed by atoms with Gasteiger partial charge in [-0.2, -0.15) is 0 Å². The summed E-state index contributed by atoms with van der Waals surface area (Å²) in [6.07, 6.45) is -0.133. The van der Waals surface area contributed by atoms with Crippen LogP contribution in [0.5, 0.6) is 0 Å². The lowest BCUT2D eigenvalue weighted by Gasteiger charge is -2.25. The number of nitrogens with one attached hydrogen (secondary N) is 2. The molecule has 3 atom stereocenters. The topological polar surface area (TPSA) is 105 Å². The van der Waals surface area contributed by atoms with Crippen molar-refractivity contribution in [3.8, 4) is 23.0 Å². The first-order chi connectivity index (χ1) is 16.4. The molecule has 2 aromatic rings. The van der Waals surface area contributed by atoms with Gasteiger partial charge in [-0.3, -0.25) is 4.79 Å². The number of carbonyl (C=O) groups excluding carboxylic acids is 2. The fourth-order valence-electron chi connectivity index (χ4n) is 4.13. The number of aliphatic carboxylic acids is 1. The van der Waals surface area contributed by atoms with Crippen molar-refractivity contribution in [3.63, 3.8) is 0 Å². The van der Waals surface area contributed by atoms with Crippen LogP contribution in [0.2, 0.25) is 0 Å². The summed E-state index contributed by atoms with van der Waals surface area (Å²) in [5, 5.41) is 14.5. The Hall–Kier alpha value is -3.79. The van der Waals surface area contributed by atoms with Gasteiger partial charge in [0.25, 0.3) is 0 Å². The number of benzene rings is 2. The van der Waals surface area contributed by atoms with Crippen LogP contribution >= 0.6 is 0 Å². The number of fused-ring (bicyclic) bond motifs is 3. The Morgan fingerprint density at radius 2 is 1.62 bits per heavy atom. The van der Waals surface area contributed by atoms with Crippen molar-refractivity contribution < 1.29 is 24.2 Å². The quantitative estimate of drug-likeness (QED) is 0.490. The predicted molar refractivity (Wildman–Crippen MR) is 129 cm³/mol. The third-order valence-electron chi connectivity index (χ3n) is 6.21. The average molecular weight is 463 g/mol. The number of ether oxygens (including phenoxy) is 1. The van der Waals surface area contributed by atoms with Crippen LogP contribution in [0.3, 0.4) is 0 Å². The predicted octanol–water partition coefficient (Wildman–Crippen LogP) is 3.92. The number of rotatable bonds is 9. The maximum Gasteiger partial charge on any atom is 0.407 e. The molecule has 7 nitrogen and oxygen atoms in total. The SMILES string of the molecule is CC#CCC(NC(=O)[C@@H](NC(=O)OCC1c2ccccc2-c2ccccc21)C(C)CC)C(=O)O. The Morgan fingerprint density at radius 3 is 2.15 bits per heavy atom. The van der Waals surface area contributed by atoms with Crippen molar-refractivity contribution in [2.24, 2.45) is 5.92 Å². The zero-order chi connectivity index (χ0) is 24.7. The zero-order valence-electron chi connectivity index (χ0n) is 19.6. The van der Waals surface area contributed by atoms with Crippen molar-refractivity contribution in [2.45, 2.75) is 51.6 Å². The molecule has 3 rings (SSSR count). The lowest BCUT2D eigenvalue weighted by Crippen LogP contribution is -2.54. The summed E-state index contributed by atoms with van der Waals surface area (Å²) in [6.45, 7) is 5.43. The van der Waals surface area contributed by atoms with Gasteiger partial charge in [0.05, 0.1) is 0 Å². The Morgan fingerprint density at radius 1 is 1.03 bits per heavy atom. The van der Waals surface area contributed by atoms with E-state index in [2.05, 4.69) is 34.6 Å². The minimum Gasteiger partial charge on any atom is -0.480 e. The van der Waals surface area contributed by atoms with Crippen LogP contribution in [0.4, 0.5) is 4.79 Å². The summed E-state index contributed by atoms with van der Waals surface area (Å²) in [7, 11) is 0. The summed E-state index contributed by atoms with van der Waals surface area (Å²) >= 11 is 0. The number of alkyl carbamates (subject to hydrolysis) is 1. The molecule has 3 N–H and O–H groups in total. The molecule has 0 spiro atoms. The van der Waals surface area contributed by atoms with E-state index in [1.165, 1.54) is 0 Å². The Kier molecular flexibility index (Phi) is 8.31. The summed E-state index contributed by atoms with van der Waals surface area (Å²) in [5.74, 6) is 3.21. The van der Waals surface area contributed by atoms with E-state index < -0.39 is 30.1 Å². The molecular formula is C27H30N2O5. The maximum atomic E-state index is 12.9. The van der Waals surface area contributed by atoms with Gasteiger partial charge in [0, 0.05) is 12.3 Å². The number of amides is 2. The molecule has 0 aromatic heterocycles. The highest BCUT2D eigenvalue weighted by molar-refractivity contribution is 5.89. The molecule has 2 unspecified atom stereocenters. The first-order valence-corrected chi connectivity index (χ1v) is 11.4. The second-order valence-electron chi connectivity index (χ2n) is 8.36. The molecular weight excluding hydrogens is 432 g/mol. The second-order valence-corrected chi connectivity index (χ2v) is 8.36. The van der Waals surface area contributed by atoms with Crippen molar-refractivity contribution in [1.29, 1.82) is 0 Å². The van der Waals surface area contributed by atoms with Gasteiger partial charge >= 0.3 is 12.1 Å². The molecule has 1 aliphatic carbocycles. The van der Waals surface area contributed by atoms with E-state index in [0.717, 1.165) is 22.3 Å². The average Bonchev–Trinajstić information content (AvgIpc) is 3.16. The molecule has 2 amide bonds. The molecule has 0 radical (unpaired) electrons. The molecule has 0 aliphatic heterocycles. The summed E-state index contributed by atoms with van der Waals surface area (Å²) in [4.78, 5) is 37.0. The van der Waals surface area contributed by atoms with E-state index >= 15 is 0 Å². The number of carboxylic acid groups (broad SMARTS) is 1. The minimum atomic E-state index is -1.18. The van der Waals surface area contributed by atoms with Crippen molar-refractivity contribution in [1.82, 2.24) is 10.6 Å². The van der Waals surface area contributed by atoms with Crippen LogP contribution in [0.25, 0.3) is 11.1 Å². The van der Waals surface area contributed by atoms with Crippen LogP contribution < -0.4 is 10.6 Å². The normalized spacial score (nSPS) is 14.4. The van der Waals surface area contributed by atoms with E-state index in [9.17, 15) is 19.5 Å². The fraction of sp³-hybridized carbons (Fsp3) is 0.370. The van der Waals surface area contributed by atoms with E-state index in [-0.39, 0.29) is 24.9 Å². The van der Waals surface area contributed by atoms with Gasteiger partial charge in [0.1, 0.15) is 18.7 Å². The minimum absolute atomic E-state index is 0.0181. The zero-order valence-corrected chi connectivity index (χ0v) is 19.6. The monoisotopic (exact) mass is 462 g/mol. The third kappa shape index (κ3) is 5.57. The van der Waals surface area contributed by atoms with Gasteiger partial charge in [-0.15, -0.1) is 11.8 Å². The smallest absolute Gasteiger partial charge is 0.407 e. The summed E-state index contributed by atoms with van der Waals surface area (Å²) in [6, 6.07) is 14.0. The van der Waals surface area contributed by atoms with Crippen LogP contribution in [0, 0.1) is 17.8 Å². The molecule has 7 heteroatoms. The van der Waals surface area contributed by atoms with Gasteiger partial charge in [0.15, 0.2) is 0 Å². The molecule has 0 saturated carbocycles. The Bertz CT molecular complexity index is 1070. The second kappa shape index (κ2) is 11.4. The van der Waals surface area contributed by atoms with Crippen LogP contribution in [0.1, 0.15) is 50.7 Å². The number of hydrogen-bond donors (Lipinski definition) is 3. The third-order valence-corrected chi connectivity index (χ3v) is 6.21. The highest BCUT2D eigenvalue weighted by Gasteiger charge is 2.32. The first kappa shape index (κ1) is 24.8. The molecule has 0 heterocycles. The van der Waals surface area contributed by atoms with E-state index in [0.29, 0.717) is 6.42 Å². The lowest BCUT2D eigenvalue weighted by molar-refractivity contribution is -0.142. The molecule has 178 valence electrons. The number of hydrogen-bond acceptors (Lipinski definition) is 4. The van der Waals surface area contributed by atoms with Gasteiger partial charge in [0.2, 0.25) is 5.91 Å². The number of carbonyl (C=O) groups is 3. The van der Waals surface area contributed by atoms with E-state index in [1.807, 2.05) is 50.2 Å². The molecule has 1 aliphatic rings. The van der Waals surface area contributed by atoms with Gasteiger partial charge in [-0.25, -0.2) is 9.59 Å². The standard InChI is InChI=1S/C27H30N2O5/c1-4-6-15-23(26(31)32)28-25(30)24(17(3)5-2)29-27(33)34-16-22-20-13-9-7-11-18(20)19-12-8-10-14-21(19)22/h7-14,17,22-24H,5,15-16H2,1-3H3,(H,28,30)(H,29,33)(H,31,32)/t17?,23?,24-/m0/s1. The molecule has 2 aromatic carbocycles. The molecule has 0 saturated heterocycles. The van der Waals surface area contributed by atoms with Crippen molar-refractivity contribution >= 4 is 18.0 Å². The van der Waals surface area contributed by atoms with Crippen LogP contribution in [0.15, 0.2) is 48.5 Å². The van der Waals surface area contributed by atoms with E-state index in [4.69, 9.17) is 4.74 Å². The largest absolute Gasteiger partial charge is 0.480 e. The fourth-order valence-corrected chi connectivity index (χ4v) is 4.13. The Balaban J connectivity index is 1.68. The highest BCUT2D eigenvalue weighted by Crippen LogP contribution is 2.44. The summed E-state index contributed by atoms with van der Waals surface area (Å²) < 4.78 is 5.56. The Labute approximate surface area is 199 Å². The molecule has 0 fully saturated rings. The van der Waals surface area contributed by atoms with Crippen LogP contribution in [-0.4, -0.2) is 41.8 Å². The first-order valence-electron chi connectivity index (χ1n) is 11.4. The van der Waals surface area contributed by atoms with Gasteiger partial charge in [-0.1, -0.05) is 68.8 Å². The summed E-state index contributed by atoms with van der Waals surface area (Å²) in [5.41, 5.74) is 4.43. The van der Waals surface area contributed by atoms with Gasteiger partial charge < -0.3 is 20.5 Å². The highest BCUT2D eigenvalue weighted by atomic mass is 16.5. The number of carboxylic acids is 1. The van der Waals surface area contributed by atoms with Crippen LogP contribution in [-0.2, 0) is 14.3 Å². The maximum absolute atomic E-state index is 12.9. The molecule has 0 bridgehead atoms. The van der Waals surface area contributed by atoms with E-state index in [1.54, 1.807) is 6.92 Å². The molecule has 34 heavy (non-hydrogen) atoms. The van der Waals surface area contributed by atoms with Crippen molar-refractivity contribution in [2.75, 3.05) is 6.61 Å². The lowest BCUT2D eigenvalue weighted by atomic mass is 9.97.